The Morgan fingerprint density at radius 3 is 2.33 bits per heavy atom. The van der Waals surface area contributed by atoms with Crippen LogP contribution < -0.4 is 4.90 Å². The molecule has 0 bridgehead atoms. The number of alkyl halides is 3. The van der Waals surface area contributed by atoms with Gasteiger partial charge in [-0.05, 0) is 13.8 Å². The standard InChI is InChI=1S/C10H12F3N3O2/c1-3-16(4-2)7-6(8(17)18)5-14-9(15-7)10(11,12)13/h5H,3-4H2,1-2H3,(H,17,18). The molecular weight excluding hydrogens is 251 g/mol. The van der Waals surface area contributed by atoms with Crippen molar-refractivity contribution in [2.75, 3.05) is 18.0 Å². The van der Waals surface area contributed by atoms with Crippen LogP contribution in [-0.4, -0.2) is 34.1 Å². The van der Waals surface area contributed by atoms with Crippen molar-refractivity contribution in [1.82, 2.24) is 9.97 Å². The summed E-state index contributed by atoms with van der Waals surface area (Å²) in [6, 6.07) is 0. The minimum atomic E-state index is -4.70. The van der Waals surface area contributed by atoms with Crippen molar-refractivity contribution in [3.63, 3.8) is 0 Å². The first kappa shape index (κ1) is 14.2. The molecule has 1 rings (SSSR count). The monoisotopic (exact) mass is 263 g/mol. The summed E-state index contributed by atoms with van der Waals surface area (Å²) < 4.78 is 37.4. The number of aromatic carboxylic acids is 1. The summed E-state index contributed by atoms with van der Waals surface area (Å²) in [7, 11) is 0. The number of carbonyl (C=O) groups is 1. The lowest BCUT2D eigenvalue weighted by Crippen LogP contribution is -2.27. The van der Waals surface area contributed by atoms with Crippen LogP contribution in [0.15, 0.2) is 6.20 Å². The summed E-state index contributed by atoms with van der Waals surface area (Å²) in [4.78, 5) is 18.7. The average Bonchev–Trinajstić information content (AvgIpc) is 2.29. The third kappa shape index (κ3) is 2.88. The fourth-order valence-electron chi connectivity index (χ4n) is 1.42. The van der Waals surface area contributed by atoms with Crippen LogP contribution in [0, 0.1) is 0 Å². The van der Waals surface area contributed by atoms with E-state index in [1.807, 2.05) is 0 Å². The molecule has 0 aliphatic heterocycles. The fraction of sp³-hybridized carbons (Fsp3) is 0.500. The summed E-state index contributed by atoms with van der Waals surface area (Å²) in [5, 5.41) is 8.91. The zero-order valence-electron chi connectivity index (χ0n) is 9.82. The second kappa shape index (κ2) is 5.19. The summed E-state index contributed by atoms with van der Waals surface area (Å²) in [6.45, 7) is 4.10. The molecule has 0 saturated carbocycles. The van der Waals surface area contributed by atoms with E-state index in [2.05, 4.69) is 9.97 Å². The van der Waals surface area contributed by atoms with Gasteiger partial charge in [0.2, 0.25) is 5.82 Å². The first-order valence-electron chi connectivity index (χ1n) is 5.23. The van der Waals surface area contributed by atoms with Gasteiger partial charge in [-0.15, -0.1) is 0 Å². The lowest BCUT2D eigenvalue weighted by molar-refractivity contribution is -0.144. The molecule has 1 aromatic heterocycles. The number of carboxylic acid groups (broad SMARTS) is 1. The summed E-state index contributed by atoms with van der Waals surface area (Å²) >= 11 is 0. The smallest absolute Gasteiger partial charge is 0.451 e. The van der Waals surface area contributed by atoms with Crippen molar-refractivity contribution < 1.29 is 23.1 Å². The van der Waals surface area contributed by atoms with E-state index in [1.165, 1.54) is 4.90 Å². The van der Waals surface area contributed by atoms with Gasteiger partial charge < -0.3 is 10.0 Å². The van der Waals surface area contributed by atoms with Gasteiger partial charge in [-0.1, -0.05) is 0 Å². The average molecular weight is 263 g/mol. The van der Waals surface area contributed by atoms with Gasteiger partial charge in [0.25, 0.3) is 0 Å². The van der Waals surface area contributed by atoms with Crippen LogP contribution in [0.4, 0.5) is 19.0 Å². The maximum absolute atomic E-state index is 12.5. The van der Waals surface area contributed by atoms with E-state index in [0.29, 0.717) is 19.3 Å². The number of hydrogen-bond acceptors (Lipinski definition) is 4. The minimum absolute atomic E-state index is 0.213. The third-order valence-corrected chi connectivity index (χ3v) is 2.32. The number of hydrogen-bond donors (Lipinski definition) is 1. The fourth-order valence-corrected chi connectivity index (χ4v) is 1.42. The highest BCUT2D eigenvalue weighted by Crippen LogP contribution is 2.28. The van der Waals surface area contributed by atoms with E-state index in [4.69, 9.17) is 5.11 Å². The van der Waals surface area contributed by atoms with Gasteiger partial charge in [0, 0.05) is 19.3 Å². The molecule has 0 saturated heterocycles. The predicted molar refractivity (Wildman–Crippen MR) is 57.6 cm³/mol. The van der Waals surface area contributed by atoms with Crippen LogP contribution in [0.2, 0.25) is 0 Å². The molecule has 0 spiro atoms. The Hall–Kier alpha value is -1.86. The molecule has 8 heteroatoms. The number of halogens is 3. The molecule has 0 aliphatic carbocycles. The van der Waals surface area contributed by atoms with Crippen molar-refractivity contribution >= 4 is 11.8 Å². The van der Waals surface area contributed by atoms with Crippen molar-refractivity contribution in [3.8, 4) is 0 Å². The van der Waals surface area contributed by atoms with E-state index in [1.54, 1.807) is 13.8 Å². The van der Waals surface area contributed by atoms with Crippen LogP contribution in [-0.2, 0) is 6.18 Å². The molecule has 0 aromatic carbocycles. The van der Waals surface area contributed by atoms with Crippen molar-refractivity contribution in [1.29, 1.82) is 0 Å². The Balaban J connectivity index is 3.37. The van der Waals surface area contributed by atoms with E-state index in [0.717, 1.165) is 0 Å². The Kier molecular flexibility index (Phi) is 4.10. The van der Waals surface area contributed by atoms with E-state index in [-0.39, 0.29) is 11.4 Å². The molecule has 1 aromatic rings. The number of carboxylic acids is 1. The Bertz CT molecular complexity index is 444. The molecule has 100 valence electrons. The predicted octanol–water partition coefficient (Wildman–Crippen LogP) is 2.04. The summed E-state index contributed by atoms with van der Waals surface area (Å²) in [5.41, 5.74) is -0.341. The van der Waals surface area contributed by atoms with E-state index in [9.17, 15) is 18.0 Å². The molecule has 1 N–H and O–H groups in total. The lowest BCUT2D eigenvalue weighted by atomic mass is 10.2. The minimum Gasteiger partial charge on any atom is -0.477 e. The highest BCUT2D eigenvalue weighted by Gasteiger charge is 2.36. The van der Waals surface area contributed by atoms with Crippen LogP contribution in [0.5, 0.6) is 0 Å². The highest BCUT2D eigenvalue weighted by atomic mass is 19.4. The van der Waals surface area contributed by atoms with E-state index >= 15 is 0 Å². The lowest BCUT2D eigenvalue weighted by Gasteiger charge is -2.22. The number of nitrogens with zero attached hydrogens (tertiary/aromatic N) is 3. The maximum atomic E-state index is 12.5. The molecule has 0 fully saturated rings. The zero-order chi connectivity index (χ0) is 13.9. The van der Waals surface area contributed by atoms with Gasteiger partial charge in [-0.25, -0.2) is 14.8 Å². The van der Waals surface area contributed by atoms with Crippen LogP contribution in [0.3, 0.4) is 0 Å². The number of rotatable bonds is 4. The SMILES string of the molecule is CCN(CC)c1nc(C(F)(F)F)ncc1C(=O)O. The molecule has 0 amide bonds. The molecule has 18 heavy (non-hydrogen) atoms. The second-order valence-corrected chi connectivity index (χ2v) is 3.41. The quantitative estimate of drug-likeness (QED) is 0.900. The first-order valence-corrected chi connectivity index (χ1v) is 5.23. The van der Waals surface area contributed by atoms with Crippen molar-refractivity contribution in [3.05, 3.63) is 17.6 Å². The normalized spacial score (nSPS) is 11.4. The molecule has 1 heterocycles. The Morgan fingerprint density at radius 2 is 1.94 bits per heavy atom. The molecular formula is C10H12F3N3O2. The Labute approximate surface area is 101 Å². The zero-order valence-corrected chi connectivity index (χ0v) is 9.82. The second-order valence-electron chi connectivity index (χ2n) is 3.41. The highest BCUT2D eigenvalue weighted by molar-refractivity contribution is 5.92. The summed E-state index contributed by atoms with van der Waals surface area (Å²) in [6.07, 6.45) is -4.01. The molecule has 0 radical (unpaired) electrons. The third-order valence-electron chi connectivity index (χ3n) is 2.32. The first-order chi connectivity index (χ1) is 8.31. The van der Waals surface area contributed by atoms with Crippen LogP contribution in [0.1, 0.15) is 30.0 Å². The van der Waals surface area contributed by atoms with Gasteiger partial charge in [-0.3, -0.25) is 0 Å². The molecule has 0 aliphatic rings. The number of anilines is 1. The van der Waals surface area contributed by atoms with Gasteiger partial charge in [0.1, 0.15) is 11.4 Å². The molecule has 5 nitrogen and oxygen atoms in total. The van der Waals surface area contributed by atoms with Gasteiger partial charge in [-0.2, -0.15) is 13.2 Å². The largest absolute Gasteiger partial charge is 0.477 e. The topological polar surface area (TPSA) is 66.3 Å². The Morgan fingerprint density at radius 1 is 1.39 bits per heavy atom. The van der Waals surface area contributed by atoms with Crippen molar-refractivity contribution in [2.24, 2.45) is 0 Å². The van der Waals surface area contributed by atoms with Crippen LogP contribution >= 0.6 is 0 Å². The maximum Gasteiger partial charge on any atom is 0.451 e. The van der Waals surface area contributed by atoms with Crippen LogP contribution in [0.25, 0.3) is 0 Å². The number of aromatic nitrogens is 2. The van der Waals surface area contributed by atoms with Gasteiger partial charge in [0.05, 0.1) is 0 Å². The summed E-state index contributed by atoms with van der Waals surface area (Å²) in [5.74, 6) is -2.91. The molecule has 0 unspecified atom stereocenters. The molecule has 0 atom stereocenters. The van der Waals surface area contributed by atoms with Gasteiger partial charge >= 0.3 is 12.1 Å². The van der Waals surface area contributed by atoms with Gasteiger partial charge in [0.15, 0.2) is 0 Å². The van der Waals surface area contributed by atoms with Crippen molar-refractivity contribution in [2.45, 2.75) is 20.0 Å². The van der Waals surface area contributed by atoms with E-state index < -0.39 is 18.0 Å².